The molecule has 0 amide bonds. The van der Waals surface area contributed by atoms with Gasteiger partial charge in [-0.1, -0.05) is 161 Å². The van der Waals surface area contributed by atoms with Gasteiger partial charge in [0.05, 0.1) is 16.8 Å². The van der Waals surface area contributed by atoms with Crippen molar-refractivity contribution in [3.05, 3.63) is 209 Å². The maximum atomic E-state index is 6.59. The largest absolute Gasteiger partial charge is 0.456 e. The van der Waals surface area contributed by atoms with E-state index in [-0.39, 0.29) is 10.8 Å². The Morgan fingerprint density at radius 2 is 1.21 bits per heavy atom. The van der Waals surface area contributed by atoms with Gasteiger partial charge in [0.2, 0.25) is 0 Å². The van der Waals surface area contributed by atoms with Crippen LogP contribution in [0.5, 0.6) is 0 Å². The van der Waals surface area contributed by atoms with Crippen molar-refractivity contribution in [1.29, 1.82) is 0 Å². The van der Waals surface area contributed by atoms with E-state index in [0.717, 1.165) is 38.9 Å². The Kier molecular flexibility index (Phi) is 7.98. The Morgan fingerprint density at radius 1 is 0.532 bits per heavy atom. The minimum absolute atomic E-state index is 0.0915. The van der Waals surface area contributed by atoms with Crippen LogP contribution in [-0.4, -0.2) is 7.28 Å². The Hall–Kier alpha value is -6.78. The van der Waals surface area contributed by atoms with E-state index in [1.807, 2.05) is 0 Å². The van der Waals surface area contributed by atoms with E-state index < -0.39 is 5.41 Å². The summed E-state index contributed by atoms with van der Waals surface area (Å²) < 4.78 is 6.59. The molecule has 0 spiro atoms. The van der Waals surface area contributed by atoms with Crippen molar-refractivity contribution in [1.82, 2.24) is 0 Å². The second-order valence-electron chi connectivity index (χ2n) is 19.1. The molecule has 0 saturated heterocycles. The topological polar surface area (TPSA) is 28.4 Å². The molecule has 0 saturated carbocycles. The number of aryl methyl sites for hydroxylation is 1. The fourth-order valence-corrected chi connectivity index (χ4v) is 11.3. The number of nitrogens with one attached hydrogen (secondary N) is 1. The maximum Gasteiger partial charge on any atom is 0.197 e. The molecule has 0 atom stereocenters. The van der Waals surface area contributed by atoms with Gasteiger partial charge in [-0.25, -0.2) is 0 Å². The van der Waals surface area contributed by atoms with E-state index in [4.69, 9.17) is 4.42 Å². The minimum atomic E-state index is -0.526. The summed E-state index contributed by atoms with van der Waals surface area (Å²) in [6.45, 7) is 11.8. The molecule has 0 fully saturated rings. The van der Waals surface area contributed by atoms with Gasteiger partial charge in [0.1, 0.15) is 11.2 Å². The molecule has 62 heavy (non-hydrogen) atoms. The van der Waals surface area contributed by atoms with Gasteiger partial charge in [-0.3, -0.25) is 0 Å². The normalized spacial score (nSPS) is 16.2. The van der Waals surface area contributed by atoms with Gasteiger partial charge >= 0.3 is 0 Å². The van der Waals surface area contributed by atoms with Crippen LogP contribution in [0.1, 0.15) is 79.5 Å². The van der Waals surface area contributed by atoms with Crippen molar-refractivity contribution in [3.63, 3.8) is 0 Å². The van der Waals surface area contributed by atoms with Gasteiger partial charge in [0, 0.05) is 39.5 Å². The van der Waals surface area contributed by atoms with Crippen LogP contribution in [0.25, 0.3) is 33.1 Å². The monoisotopic (exact) mass is 799 g/mol. The number of para-hydroxylation sites is 3. The maximum absolute atomic E-state index is 6.59. The Labute approximate surface area is 365 Å². The molecule has 2 aliphatic heterocycles. The molecule has 9 aromatic rings. The predicted molar refractivity (Wildman–Crippen MR) is 260 cm³/mol. The van der Waals surface area contributed by atoms with Gasteiger partial charge in [0.15, 0.2) is 7.28 Å². The molecule has 8 aromatic carbocycles. The van der Waals surface area contributed by atoms with Crippen LogP contribution >= 0.6 is 0 Å². The average Bonchev–Trinajstić information content (AvgIpc) is 3.65. The zero-order chi connectivity index (χ0) is 42.0. The fraction of sp³-hybridized carbons (Fsp3) is 0.172. The van der Waals surface area contributed by atoms with Crippen molar-refractivity contribution < 1.29 is 4.42 Å². The van der Waals surface area contributed by atoms with Crippen LogP contribution in [-0.2, 0) is 16.2 Å². The smallest absolute Gasteiger partial charge is 0.197 e. The molecule has 1 N–H and O–H groups in total. The van der Waals surface area contributed by atoms with Crippen molar-refractivity contribution in [2.75, 3.05) is 10.2 Å². The highest BCUT2D eigenvalue weighted by atomic mass is 16.3. The first-order valence-electron chi connectivity index (χ1n) is 22.1. The number of rotatable bonds is 5. The summed E-state index contributed by atoms with van der Waals surface area (Å²) in [6.07, 6.45) is 2.35. The first kappa shape index (κ1) is 37.0. The summed E-state index contributed by atoms with van der Waals surface area (Å²) >= 11 is 0. The Balaban J connectivity index is 1.10. The highest BCUT2D eigenvalue weighted by molar-refractivity contribution is 6.73. The van der Waals surface area contributed by atoms with Gasteiger partial charge < -0.3 is 14.6 Å². The second-order valence-corrected chi connectivity index (χ2v) is 19.1. The van der Waals surface area contributed by atoms with Crippen molar-refractivity contribution >= 4 is 68.6 Å². The van der Waals surface area contributed by atoms with Crippen LogP contribution < -0.4 is 21.1 Å². The summed E-state index contributed by atoms with van der Waals surface area (Å²) in [5, 5.41) is 6.22. The van der Waals surface area contributed by atoms with Crippen LogP contribution in [0.2, 0.25) is 0 Å². The number of hydrogen-bond donors (Lipinski definition) is 1. The number of hydrogen-bond acceptors (Lipinski definition) is 3. The summed E-state index contributed by atoms with van der Waals surface area (Å²) in [5.41, 5.74) is 21.1. The number of benzene rings is 8. The number of fused-ring (bicyclic) bond motifs is 8. The molecular weight excluding hydrogens is 751 g/mol. The zero-order valence-corrected chi connectivity index (χ0v) is 36.0. The summed E-state index contributed by atoms with van der Waals surface area (Å²) in [5.74, 6) is 0. The first-order chi connectivity index (χ1) is 30.1. The standard InChI is InChI=1S/C58H48BN2O/c1-36-31-43(41-34-42-40-21-12-15-26-52(40)62-53(42)35-49(41)60-39-27-28-44-47(33-39)57(4,5)30-29-56(44,2)3)54-51(32-36)61-50-25-14-13-22-45(50)58(37-17-8-6-9-18-37,38-19-10-7-11-20-38)46-23-16-24-48(59-54)55(46)61/h6-28,31-35,60H,29-30H2,1-5H3. The zero-order valence-electron chi connectivity index (χ0n) is 36.0. The van der Waals surface area contributed by atoms with E-state index in [1.165, 1.54) is 85.3 Å². The second kappa shape index (κ2) is 13.4. The molecule has 0 unspecified atom stereocenters. The third-order valence-corrected chi connectivity index (χ3v) is 14.4. The van der Waals surface area contributed by atoms with Gasteiger partial charge in [-0.05, 0) is 117 Å². The summed E-state index contributed by atoms with van der Waals surface area (Å²) in [7, 11) is 2.44. The van der Waals surface area contributed by atoms with E-state index in [1.54, 1.807) is 0 Å². The quantitative estimate of drug-likeness (QED) is 0.176. The van der Waals surface area contributed by atoms with E-state index in [9.17, 15) is 0 Å². The van der Waals surface area contributed by atoms with Crippen LogP contribution in [0.15, 0.2) is 174 Å². The number of nitrogens with zero attached hydrogens (tertiary/aromatic N) is 1. The molecule has 1 aliphatic carbocycles. The van der Waals surface area contributed by atoms with Gasteiger partial charge in [0.25, 0.3) is 0 Å². The predicted octanol–water partition coefficient (Wildman–Crippen LogP) is 13.8. The minimum Gasteiger partial charge on any atom is -0.456 e. The summed E-state index contributed by atoms with van der Waals surface area (Å²) in [6, 6.07) is 63.0. The SMILES string of the molecule is Cc1cc(-c2cc3c(cc2Nc2ccc4c(c2)C(C)(C)CCC4(C)C)oc2ccccc23)c2c(c1)N1c3ccccc3C(c3ccccc3)(c3ccccc3)c3cccc(c31)[B]2. The van der Waals surface area contributed by atoms with Crippen molar-refractivity contribution in [3.8, 4) is 11.1 Å². The molecular formula is C58H48BN2O. The molecule has 0 bridgehead atoms. The van der Waals surface area contributed by atoms with Crippen LogP contribution in [0.4, 0.5) is 28.4 Å². The highest BCUT2D eigenvalue weighted by Crippen LogP contribution is 2.58. The molecule has 3 nitrogen and oxygen atoms in total. The lowest BCUT2D eigenvalue weighted by Gasteiger charge is -2.49. The van der Waals surface area contributed by atoms with Crippen molar-refractivity contribution in [2.24, 2.45) is 0 Å². The average molecular weight is 800 g/mol. The van der Waals surface area contributed by atoms with E-state index in [0.29, 0.717) is 0 Å². The first-order valence-corrected chi connectivity index (χ1v) is 22.1. The number of furan rings is 1. The number of anilines is 5. The van der Waals surface area contributed by atoms with E-state index in [2.05, 4.69) is 222 Å². The van der Waals surface area contributed by atoms with E-state index >= 15 is 0 Å². The lowest BCUT2D eigenvalue weighted by Crippen LogP contribution is -2.47. The third kappa shape index (κ3) is 5.32. The molecule has 12 rings (SSSR count). The molecule has 1 radical (unpaired) electrons. The van der Waals surface area contributed by atoms with Crippen molar-refractivity contribution in [2.45, 2.75) is 63.7 Å². The summed E-state index contributed by atoms with van der Waals surface area (Å²) in [4.78, 5) is 2.56. The third-order valence-electron chi connectivity index (χ3n) is 14.4. The molecule has 1 aromatic heterocycles. The Bertz CT molecular complexity index is 3230. The highest BCUT2D eigenvalue weighted by Gasteiger charge is 2.48. The lowest BCUT2D eigenvalue weighted by molar-refractivity contribution is 0.332. The molecule has 4 heteroatoms. The molecule has 299 valence electrons. The fourth-order valence-electron chi connectivity index (χ4n) is 11.3. The molecule has 3 heterocycles. The lowest BCUT2D eigenvalue weighted by atomic mass is 9.54. The van der Waals surface area contributed by atoms with Crippen LogP contribution in [0, 0.1) is 6.92 Å². The van der Waals surface area contributed by atoms with Gasteiger partial charge in [-0.2, -0.15) is 0 Å². The Morgan fingerprint density at radius 3 is 1.98 bits per heavy atom. The van der Waals surface area contributed by atoms with Crippen LogP contribution in [0.3, 0.4) is 0 Å². The van der Waals surface area contributed by atoms with Gasteiger partial charge in [-0.15, -0.1) is 0 Å². The molecule has 3 aliphatic rings.